The third kappa shape index (κ3) is 3.92. The topological polar surface area (TPSA) is 44.1 Å². The van der Waals surface area contributed by atoms with E-state index in [9.17, 15) is 10.1 Å². The number of rotatable bonds is 5. The average molecular weight is 367 g/mol. The van der Waals surface area contributed by atoms with Crippen LogP contribution in [-0.2, 0) is 11.3 Å². The van der Waals surface area contributed by atoms with Gasteiger partial charge in [0.05, 0.1) is 17.8 Å². The summed E-state index contributed by atoms with van der Waals surface area (Å²) in [5.74, 6) is 0.552. The van der Waals surface area contributed by atoms with E-state index in [0.29, 0.717) is 28.7 Å². The average Bonchev–Trinajstić information content (AvgIpc) is 3.15. The number of carbonyl (C=O) groups is 1. The van der Waals surface area contributed by atoms with Crippen molar-refractivity contribution in [3.63, 3.8) is 0 Å². The summed E-state index contributed by atoms with van der Waals surface area (Å²) in [4.78, 5) is 15.2. The van der Waals surface area contributed by atoms with Crippen molar-refractivity contribution in [2.24, 2.45) is 11.8 Å². The van der Waals surface area contributed by atoms with Gasteiger partial charge in [-0.05, 0) is 42.5 Å². The molecular weight excluding hydrogens is 344 g/mol. The molecule has 0 N–H and O–H groups in total. The fourth-order valence-corrected chi connectivity index (χ4v) is 4.09. The molecule has 1 aliphatic rings. The molecule has 2 aromatic rings. The maximum absolute atomic E-state index is 13.5. The normalized spacial score (nSPS) is 19.1. The zero-order valence-corrected chi connectivity index (χ0v) is 15.7. The summed E-state index contributed by atoms with van der Waals surface area (Å²) in [6.07, 6.45) is 4.13. The predicted octanol–water partition coefficient (Wildman–Crippen LogP) is 5.57. The van der Waals surface area contributed by atoms with Crippen LogP contribution in [0.1, 0.15) is 43.7 Å². The molecule has 2 atom stereocenters. The van der Waals surface area contributed by atoms with E-state index in [-0.39, 0.29) is 11.8 Å². The van der Waals surface area contributed by atoms with Crippen LogP contribution in [0.4, 0.5) is 5.69 Å². The minimum Gasteiger partial charge on any atom is -0.306 e. The lowest BCUT2D eigenvalue weighted by atomic mass is 9.92. The van der Waals surface area contributed by atoms with Crippen molar-refractivity contribution >= 4 is 23.2 Å². The summed E-state index contributed by atoms with van der Waals surface area (Å²) in [5.41, 5.74) is 2.12. The van der Waals surface area contributed by atoms with Gasteiger partial charge >= 0.3 is 0 Å². The Labute approximate surface area is 160 Å². The second kappa shape index (κ2) is 8.38. The number of carbonyl (C=O) groups excluding carboxylic acids is 1. The Balaban J connectivity index is 2.01. The number of hydrogen-bond acceptors (Lipinski definition) is 2. The molecule has 1 saturated carbocycles. The highest BCUT2D eigenvalue weighted by atomic mass is 35.5. The standard InChI is InChI=1S/C22H23ClN2O/c1-2-17-9-6-10-20(17)22(26)25(15-16-7-4-3-5-8-16)21-13-19(23)12-11-18(21)14-24/h3-5,7-8,11-13,17,20H,2,6,9-10,15H2,1H3. The first-order chi connectivity index (χ1) is 12.6. The smallest absolute Gasteiger partial charge is 0.230 e. The number of anilines is 1. The molecule has 134 valence electrons. The maximum atomic E-state index is 13.5. The molecule has 4 heteroatoms. The second-order valence-electron chi connectivity index (χ2n) is 6.89. The van der Waals surface area contributed by atoms with Gasteiger partial charge in [0.25, 0.3) is 0 Å². The molecule has 2 unspecified atom stereocenters. The van der Waals surface area contributed by atoms with Crippen LogP contribution < -0.4 is 4.90 Å². The Hall–Kier alpha value is -2.31. The Bertz CT molecular complexity index is 813. The van der Waals surface area contributed by atoms with E-state index in [0.717, 1.165) is 31.2 Å². The van der Waals surface area contributed by atoms with Crippen molar-refractivity contribution in [2.75, 3.05) is 4.90 Å². The van der Waals surface area contributed by atoms with Crippen LogP contribution in [0.25, 0.3) is 0 Å². The van der Waals surface area contributed by atoms with Gasteiger partial charge in [0.1, 0.15) is 6.07 Å². The Morgan fingerprint density at radius 2 is 2.00 bits per heavy atom. The van der Waals surface area contributed by atoms with Crippen molar-refractivity contribution in [3.05, 3.63) is 64.7 Å². The Kier molecular flexibility index (Phi) is 5.96. The molecule has 3 rings (SSSR count). The SMILES string of the molecule is CCC1CCCC1C(=O)N(Cc1ccccc1)c1cc(Cl)ccc1C#N. The molecule has 0 heterocycles. The van der Waals surface area contributed by atoms with Crippen LogP contribution in [-0.4, -0.2) is 5.91 Å². The fraction of sp³-hybridized carbons (Fsp3) is 0.364. The van der Waals surface area contributed by atoms with E-state index in [4.69, 9.17) is 11.6 Å². The van der Waals surface area contributed by atoms with Crippen LogP contribution >= 0.6 is 11.6 Å². The summed E-state index contributed by atoms with van der Waals surface area (Å²) in [6, 6.07) is 17.2. The van der Waals surface area contributed by atoms with Crippen molar-refractivity contribution in [2.45, 2.75) is 39.2 Å². The summed E-state index contributed by atoms with van der Waals surface area (Å²) in [5, 5.41) is 10.1. The largest absolute Gasteiger partial charge is 0.306 e. The first-order valence-electron chi connectivity index (χ1n) is 9.19. The first kappa shape index (κ1) is 18.5. The third-order valence-corrected chi connectivity index (χ3v) is 5.56. The van der Waals surface area contributed by atoms with Gasteiger partial charge in [-0.1, -0.05) is 61.7 Å². The first-order valence-corrected chi connectivity index (χ1v) is 9.56. The van der Waals surface area contributed by atoms with Gasteiger partial charge in [-0.2, -0.15) is 5.26 Å². The van der Waals surface area contributed by atoms with Gasteiger partial charge in [-0.3, -0.25) is 4.79 Å². The predicted molar refractivity (Wildman–Crippen MR) is 105 cm³/mol. The maximum Gasteiger partial charge on any atom is 0.230 e. The Morgan fingerprint density at radius 1 is 1.23 bits per heavy atom. The zero-order chi connectivity index (χ0) is 18.5. The highest BCUT2D eigenvalue weighted by Gasteiger charge is 2.35. The van der Waals surface area contributed by atoms with Gasteiger partial charge in [-0.15, -0.1) is 0 Å². The van der Waals surface area contributed by atoms with E-state index >= 15 is 0 Å². The molecule has 3 nitrogen and oxygen atoms in total. The number of halogens is 1. The molecule has 0 bridgehead atoms. The molecule has 1 fully saturated rings. The van der Waals surface area contributed by atoms with E-state index in [1.165, 1.54) is 0 Å². The van der Waals surface area contributed by atoms with Gasteiger partial charge in [0.2, 0.25) is 5.91 Å². The molecule has 0 saturated heterocycles. The lowest BCUT2D eigenvalue weighted by Gasteiger charge is -2.29. The molecule has 2 aromatic carbocycles. The lowest BCUT2D eigenvalue weighted by Crippen LogP contribution is -2.37. The summed E-state index contributed by atoms with van der Waals surface area (Å²) < 4.78 is 0. The minimum atomic E-state index is 0.0224. The van der Waals surface area contributed by atoms with Crippen molar-refractivity contribution in [1.29, 1.82) is 5.26 Å². The van der Waals surface area contributed by atoms with Crippen molar-refractivity contribution < 1.29 is 4.79 Å². The number of hydrogen-bond donors (Lipinski definition) is 0. The van der Waals surface area contributed by atoms with Crippen LogP contribution in [0, 0.1) is 23.2 Å². The molecule has 0 aromatic heterocycles. The van der Waals surface area contributed by atoms with E-state index < -0.39 is 0 Å². The molecule has 0 spiro atoms. The molecule has 0 radical (unpaired) electrons. The van der Waals surface area contributed by atoms with Gasteiger partial charge in [0.15, 0.2) is 0 Å². The van der Waals surface area contributed by atoms with E-state index in [1.54, 1.807) is 23.1 Å². The zero-order valence-electron chi connectivity index (χ0n) is 15.0. The number of benzene rings is 2. The second-order valence-corrected chi connectivity index (χ2v) is 7.33. The Morgan fingerprint density at radius 3 is 2.69 bits per heavy atom. The van der Waals surface area contributed by atoms with Crippen LogP contribution in [0.3, 0.4) is 0 Å². The van der Waals surface area contributed by atoms with Gasteiger partial charge < -0.3 is 4.90 Å². The van der Waals surface area contributed by atoms with Crippen molar-refractivity contribution in [1.82, 2.24) is 0 Å². The van der Waals surface area contributed by atoms with Crippen LogP contribution in [0.2, 0.25) is 5.02 Å². The summed E-state index contributed by atoms with van der Waals surface area (Å²) in [7, 11) is 0. The van der Waals surface area contributed by atoms with Crippen LogP contribution in [0.15, 0.2) is 48.5 Å². The molecule has 0 aliphatic heterocycles. The number of nitriles is 1. The minimum absolute atomic E-state index is 0.0224. The summed E-state index contributed by atoms with van der Waals surface area (Å²) >= 11 is 6.19. The molecule has 1 aliphatic carbocycles. The molecule has 1 amide bonds. The number of amides is 1. The van der Waals surface area contributed by atoms with Gasteiger partial charge in [0, 0.05) is 10.9 Å². The highest BCUT2D eigenvalue weighted by molar-refractivity contribution is 6.31. The highest BCUT2D eigenvalue weighted by Crippen LogP contribution is 2.37. The third-order valence-electron chi connectivity index (χ3n) is 5.32. The quantitative estimate of drug-likeness (QED) is 0.694. The lowest BCUT2D eigenvalue weighted by molar-refractivity contribution is -0.123. The fourth-order valence-electron chi connectivity index (χ4n) is 3.92. The molecular formula is C22H23ClN2O. The molecule has 26 heavy (non-hydrogen) atoms. The van der Waals surface area contributed by atoms with Crippen molar-refractivity contribution in [3.8, 4) is 6.07 Å². The van der Waals surface area contributed by atoms with Crippen LogP contribution in [0.5, 0.6) is 0 Å². The van der Waals surface area contributed by atoms with E-state index in [2.05, 4.69) is 13.0 Å². The number of nitrogens with zero attached hydrogens (tertiary/aromatic N) is 2. The van der Waals surface area contributed by atoms with Gasteiger partial charge in [-0.25, -0.2) is 0 Å². The van der Waals surface area contributed by atoms with E-state index in [1.807, 2.05) is 30.3 Å². The summed E-state index contributed by atoms with van der Waals surface area (Å²) in [6.45, 7) is 2.60. The monoisotopic (exact) mass is 366 g/mol.